The molecule has 2 N–H and O–H groups in total. The molecule has 2 aromatic rings. The number of allylic oxidation sites excluding steroid dienone is 3. The average molecular weight is 478 g/mol. The van der Waals surface area contributed by atoms with E-state index in [1.165, 1.54) is 0 Å². The Kier molecular flexibility index (Phi) is 6.04. The molecule has 1 atom stereocenters. The molecule has 1 heterocycles. The van der Waals surface area contributed by atoms with E-state index in [2.05, 4.69) is 6.07 Å². The largest absolute Gasteiger partial charge is 0.440 e. The lowest BCUT2D eigenvalue weighted by molar-refractivity contribution is 0.277. The normalized spacial score (nSPS) is 20.1. The molecule has 0 fully saturated rings. The SMILES string of the molecule is N#CC1=C(N)OC2=C(CCC/C2=C\c2ccc(Cl)cc2Cl)C1c1ccc(Cl)cc1Cl. The summed E-state index contributed by atoms with van der Waals surface area (Å²) in [6.07, 6.45) is 4.45. The zero-order chi connectivity index (χ0) is 21.4. The lowest BCUT2D eigenvalue weighted by atomic mass is 9.77. The van der Waals surface area contributed by atoms with Crippen molar-refractivity contribution < 1.29 is 4.74 Å². The second kappa shape index (κ2) is 8.57. The van der Waals surface area contributed by atoms with Gasteiger partial charge in [-0.25, -0.2) is 0 Å². The minimum Gasteiger partial charge on any atom is -0.440 e. The third-order valence-corrected chi connectivity index (χ3v) is 6.40. The first-order chi connectivity index (χ1) is 14.4. The Balaban J connectivity index is 1.87. The maximum Gasteiger partial charge on any atom is 0.205 e. The summed E-state index contributed by atoms with van der Waals surface area (Å²) in [6, 6.07) is 12.8. The number of hydrogen-bond acceptors (Lipinski definition) is 3. The number of hydrogen-bond donors (Lipinski definition) is 1. The van der Waals surface area contributed by atoms with Crippen LogP contribution in [0.15, 0.2) is 64.8 Å². The molecule has 0 aromatic heterocycles. The molecule has 30 heavy (non-hydrogen) atoms. The van der Waals surface area contributed by atoms with Crippen LogP contribution in [0.2, 0.25) is 20.1 Å². The molecule has 1 aliphatic heterocycles. The number of benzene rings is 2. The topological polar surface area (TPSA) is 59.0 Å². The first-order valence-corrected chi connectivity index (χ1v) is 10.8. The first kappa shape index (κ1) is 21.2. The van der Waals surface area contributed by atoms with Crippen molar-refractivity contribution >= 4 is 52.5 Å². The fourth-order valence-corrected chi connectivity index (χ4v) is 4.91. The molecule has 0 spiro atoms. The van der Waals surface area contributed by atoms with Gasteiger partial charge in [-0.2, -0.15) is 5.26 Å². The lowest BCUT2D eigenvalue weighted by Gasteiger charge is -2.33. The summed E-state index contributed by atoms with van der Waals surface area (Å²) in [7, 11) is 0. The van der Waals surface area contributed by atoms with Crippen LogP contribution < -0.4 is 5.73 Å². The maximum atomic E-state index is 9.79. The van der Waals surface area contributed by atoms with Gasteiger partial charge in [0, 0.05) is 20.1 Å². The van der Waals surface area contributed by atoms with Crippen LogP contribution in [-0.4, -0.2) is 0 Å². The quantitative estimate of drug-likeness (QED) is 0.483. The van der Waals surface area contributed by atoms with Gasteiger partial charge in [0.15, 0.2) is 0 Å². The molecule has 7 heteroatoms. The maximum absolute atomic E-state index is 9.79. The van der Waals surface area contributed by atoms with Crippen molar-refractivity contribution in [3.05, 3.63) is 96.0 Å². The van der Waals surface area contributed by atoms with Crippen molar-refractivity contribution in [1.82, 2.24) is 0 Å². The smallest absolute Gasteiger partial charge is 0.205 e. The van der Waals surface area contributed by atoms with Gasteiger partial charge in [-0.15, -0.1) is 0 Å². The van der Waals surface area contributed by atoms with Crippen LogP contribution in [0, 0.1) is 11.3 Å². The number of halogens is 4. The predicted molar refractivity (Wildman–Crippen MR) is 122 cm³/mol. The van der Waals surface area contributed by atoms with E-state index in [0.29, 0.717) is 31.4 Å². The van der Waals surface area contributed by atoms with Crippen molar-refractivity contribution in [3.63, 3.8) is 0 Å². The number of rotatable bonds is 2. The molecule has 0 radical (unpaired) electrons. The molecule has 4 rings (SSSR count). The second-order valence-corrected chi connectivity index (χ2v) is 8.82. The molecule has 1 aliphatic carbocycles. The molecular weight excluding hydrogens is 462 g/mol. The summed E-state index contributed by atoms with van der Waals surface area (Å²) in [5.74, 6) is 0.384. The fraction of sp³-hybridized carbons (Fsp3) is 0.174. The first-order valence-electron chi connectivity index (χ1n) is 9.30. The summed E-state index contributed by atoms with van der Waals surface area (Å²) in [5, 5.41) is 11.9. The number of nitriles is 1. The minimum absolute atomic E-state index is 0.0854. The van der Waals surface area contributed by atoms with Crippen molar-refractivity contribution in [2.45, 2.75) is 25.2 Å². The van der Waals surface area contributed by atoms with Crippen molar-refractivity contribution in [3.8, 4) is 6.07 Å². The summed E-state index contributed by atoms with van der Waals surface area (Å²) in [6.45, 7) is 0. The van der Waals surface area contributed by atoms with E-state index in [0.717, 1.165) is 41.5 Å². The molecule has 0 saturated heterocycles. The van der Waals surface area contributed by atoms with Crippen LogP contribution in [0.1, 0.15) is 36.3 Å². The number of nitrogens with two attached hydrogens (primary N) is 1. The van der Waals surface area contributed by atoms with E-state index in [9.17, 15) is 5.26 Å². The number of ether oxygens (including phenoxy) is 1. The summed E-state index contributed by atoms with van der Waals surface area (Å²) < 4.78 is 5.97. The highest BCUT2D eigenvalue weighted by molar-refractivity contribution is 6.36. The van der Waals surface area contributed by atoms with Gasteiger partial charge >= 0.3 is 0 Å². The van der Waals surface area contributed by atoms with Crippen molar-refractivity contribution in [2.24, 2.45) is 5.73 Å². The molecule has 2 aromatic carbocycles. The van der Waals surface area contributed by atoms with Gasteiger partial charge in [0.2, 0.25) is 5.88 Å². The van der Waals surface area contributed by atoms with Crippen LogP contribution in [-0.2, 0) is 4.74 Å². The molecule has 0 saturated carbocycles. The van der Waals surface area contributed by atoms with Gasteiger partial charge in [0.1, 0.15) is 17.4 Å². The Labute approximate surface area is 194 Å². The minimum atomic E-state index is -0.382. The van der Waals surface area contributed by atoms with E-state index in [1.54, 1.807) is 24.3 Å². The van der Waals surface area contributed by atoms with Crippen molar-refractivity contribution in [2.75, 3.05) is 0 Å². The third kappa shape index (κ3) is 3.94. The predicted octanol–water partition coefficient (Wildman–Crippen LogP) is 7.63. The fourth-order valence-electron chi connectivity index (χ4n) is 3.93. The monoisotopic (exact) mass is 476 g/mol. The van der Waals surface area contributed by atoms with E-state index in [1.807, 2.05) is 18.2 Å². The van der Waals surface area contributed by atoms with Gasteiger partial charge in [-0.1, -0.05) is 58.5 Å². The average Bonchev–Trinajstić information content (AvgIpc) is 2.70. The van der Waals surface area contributed by atoms with Crippen LogP contribution in [0.25, 0.3) is 6.08 Å². The molecular formula is C23H16Cl4N2O. The molecule has 0 bridgehead atoms. The summed E-state index contributed by atoms with van der Waals surface area (Å²) in [4.78, 5) is 0. The third-order valence-electron chi connectivity index (χ3n) is 5.28. The Morgan fingerprint density at radius 3 is 2.37 bits per heavy atom. The highest BCUT2D eigenvalue weighted by Crippen LogP contribution is 2.48. The highest BCUT2D eigenvalue weighted by atomic mass is 35.5. The van der Waals surface area contributed by atoms with Gasteiger partial charge < -0.3 is 10.5 Å². The van der Waals surface area contributed by atoms with Crippen LogP contribution in [0.5, 0.6) is 0 Å². The van der Waals surface area contributed by atoms with Crippen LogP contribution >= 0.6 is 46.4 Å². The Bertz CT molecular complexity index is 1170. The van der Waals surface area contributed by atoms with E-state index >= 15 is 0 Å². The molecule has 1 unspecified atom stereocenters. The van der Waals surface area contributed by atoms with E-state index in [4.69, 9.17) is 56.9 Å². The Morgan fingerprint density at radius 1 is 1.00 bits per heavy atom. The lowest BCUT2D eigenvalue weighted by Crippen LogP contribution is -2.24. The summed E-state index contributed by atoms with van der Waals surface area (Å²) >= 11 is 25.0. The Morgan fingerprint density at radius 2 is 1.70 bits per heavy atom. The molecule has 3 nitrogen and oxygen atoms in total. The zero-order valence-electron chi connectivity index (χ0n) is 15.7. The Hall–Kier alpha value is -2.09. The van der Waals surface area contributed by atoms with Crippen molar-refractivity contribution in [1.29, 1.82) is 5.26 Å². The van der Waals surface area contributed by atoms with Gasteiger partial charge in [0.25, 0.3) is 0 Å². The van der Waals surface area contributed by atoms with Gasteiger partial charge in [-0.3, -0.25) is 0 Å². The van der Waals surface area contributed by atoms with Gasteiger partial charge in [-0.05, 0) is 71.9 Å². The van der Waals surface area contributed by atoms with Gasteiger partial charge in [0.05, 0.1) is 5.92 Å². The standard InChI is InChI=1S/C23H16Cl4N2O/c24-14-5-4-12(19(26)9-14)8-13-2-1-3-17-21(16-7-6-15(25)10-20(16)27)18(11-28)23(29)30-22(13)17/h4-10,21H,1-3,29H2/b13-8+. The number of nitrogens with zero attached hydrogens (tertiary/aromatic N) is 1. The van der Waals surface area contributed by atoms with Crippen LogP contribution in [0.4, 0.5) is 0 Å². The van der Waals surface area contributed by atoms with E-state index in [-0.39, 0.29) is 11.8 Å². The summed E-state index contributed by atoms with van der Waals surface area (Å²) in [5.41, 5.74) is 10.1. The van der Waals surface area contributed by atoms with E-state index < -0.39 is 0 Å². The molecule has 152 valence electrons. The second-order valence-electron chi connectivity index (χ2n) is 7.13. The molecule has 2 aliphatic rings. The molecule has 0 amide bonds. The zero-order valence-corrected chi connectivity index (χ0v) is 18.7. The highest BCUT2D eigenvalue weighted by Gasteiger charge is 2.36. The van der Waals surface area contributed by atoms with Crippen LogP contribution in [0.3, 0.4) is 0 Å².